The third-order valence-corrected chi connectivity index (χ3v) is 2.87. The number of carbonyl (C=O) groups is 1. The molecule has 1 aliphatic heterocycles. The monoisotopic (exact) mass is 240 g/mol. The molecule has 3 atom stereocenters. The van der Waals surface area contributed by atoms with E-state index in [1.54, 1.807) is 27.7 Å². The number of aliphatic hydroxyl groups excluding tert-OH is 1. The van der Waals surface area contributed by atoms with Crippen molar-refractivity contribution in [2.75, 3.05) is 6.54 Å². The van der Waals surface area contributed by atoms with E-state index in [0.717, 1.165) is 0 Å². The summed E-state index contributed by atoms with van der Waals surface area (Å²) in [7, 11) is 0. The molecule has 1 rings (SSSR count). The fourth-order valence-corrected chi connectivity index (χ4v) is 1.89. The molecule has 1 heterocycles. The van der Waals surface area contributed by atoms with Crippen LogP contribution in [0.25, 0.3) is 0 Å². The Morgan fingerprint density at radius 3 is 2.59 bits per heavy atom. The number of nitriles is 1. The van der Waals surface area contributed by atoms with Crippen LogP contribution in [0, 0.1) is 17.2 Å². The number of piperidine rings is 1. The molecule has 0 radical (unpaired) electrons. The van der Waals surface area contributed by atoms with E-state index >= 15 is 0 Å². The predicted octanol–water partition coefficient (Wildman–Crippen LogP) is 1.52. The van der Waals surface area contributed by atoms with Crippen molar-refractivity contribution in [2.24, 2.45) is 5.92 Å². The average Bonchev–Trinajstić information content (AvgIpc) is 2.19. The number of ether oxygens (including phenoxy) is 1. The number of hydrogen-bond acceptors (Lipinski definition) is 4. The normalized spacial score (nSPS) is 29.6. The van der Waals surface area contributed by atoms with Crippen LogP contribution in [0.3, 0.4) is 0 Å². The minimum atomic E-state index is -0.804. The first kappa shape index (κ1) is 13.8. The molecular formula is C12H20N2O3. The smallest absolute Gasteiger partial charge is 0.410 e. The summed E-state index contributed by atoms with van der Waals surface area (Å²) in [4.78, 5) is 13.4. The van der Waals surface area contributed by atoms with Gasteiger partial charge in [-0.15, -0.1) is 0 Å². The third-order valence-electron chi connectivity index (χ3n) is 2.87. The van der Waals surface area contributed by atoms with Crippen LogP contribution in [0.15, 0.2) is 0 Å². The zero-order valence-corrected chi connectivity index (χ0v) is 10.8. The molecule has 17 heavy (non-hydrogen) atoms. The highest BCUT2D eigenvalue weighted by atomic mass is 16.6. The number of amides is 1. The SMILES string of the molecule is CC1C(O)C(C#N)CCN1C(=O)OC(C)(C)C. The van der Waals surface area contributed by atoms with Crippen LogP contribution >= 0.6 is 0 Å². The number of likely N-dealkylation sites (tertiary alicyclic amines) is 1. The Bertz CT molecular complexity index is 330. The molecule has 0 aromatic carbocycles. The van der Waals surface area contributed by atoms with Gasteiger partial charge in [0.2, 0.25) is 0 Å². The quantitative estimate of drug-likeness (QED) is 0.696. The summed E-state index contributed by atoms with van der Waals surface area (Å²) in [5.74, 6) is -0.399. The Kier molecular flexibility index (Phi) is 3.99. The van der Waals surface area contributed by atoms with Gasteiger partial charge in [-0.05, 0) is 34.1 Å². The van der Waals surface area contributed by atoms with Gasteiger partial charge in [0, 0.05) is 6.54 Å². The van der Waals surface area contributed by atoms with Gasteiger partial charge in [-0.2, -0.15) is 5.26 Å². The average molecular weight is 240 g/mol. The number of rotatable bonds is 0. The first-order valence-corrected chi connectivity index (χ1v) is 5.83. The number of hydrogen-bond donors (Lipinski definition) is 1. The summed E-state index contributed by atoms with van der Waals surface area (Å²) in [6, 6.07) is 1.68. The van der Waals surface area contributed by atoms with Crippen molar-refractivity contribution in [2.45, 2.75) is 51.9 Å². The van der Waals surface area contributed by atoms with Crippen molar-refractivity contribution in [1.82, 2.24) is 4.90 Å². The van der Waals surface area contributed by atoms with Crippen molar-refractivity contribution in [1.29, 1.82) is 5.26 Å². The minimum Gasteiger partial charge on any atom is -0.444 e. The standard InChI is InChI=1S/C12H20N2O3/c1-8-10(15)9(7-13)5-6-14(8)11(16)17-12(2,3)4/h8-10,15H,5-6H2,1-4H3. The zero-order valence-electron chi connectivity index (χ0n) is 10.8. The van der Waals surface area contributed by atoms with Crippen molar-refractivity contribution < 1.29 is 14.6 Å². The lowest BCUT2D eigenvalue weighted by Gasteiger charge is -2.39. The molecule has 1 aliphatic rings. The highest BCUT2D eigenvalue weighted by Gasteiger charge is 2.38. The topological polar surface area (TPSA) is 73.6 Å². The zero-order chi connectivity index (χ0) is 13.2. The Morgan fingerprint density at radius 2 is 2.12 bits per heavy atom. The second kappa shape index (κ2) is 4.92. The molecule has 3 unspecified atom stereocenters. The molecule has 1 amide bonds. The lowest BCUT2D eigenvalue weighted by atomic mass is 9.90. The van der Waals surface area contributed by atoms with Gasteiger partial charge in [0.15, 0.2) is 0 Å². The van der Waals surface area contributed by atoms with E-state index in [4.69, 9.17) is 10.00 Å². The van der Waals surface area contributed by atoms with E-state index in [2.05, 4.69) is 6.07 Å². The van der Waals surface area contributed by atoms with Gasteiger partial charge in [0.1, 0.15) is 5.60 Å². The van der Waals surface area contributed by atoms with Crippen LogP contribution in [0.1, 0.15) is 34.1 Å². The molecule has 1 saturated heterocycles. The molecule has 0 spiro atoms. The van der Waals surface area contributed by atoms with Gasteiger partial charge in [0.05, 0.1) is 24.1 Å². The van der Waals surface area contributed by atoms with Gasteiger partial charge in [-0.3, -0.25) is 0 Å². The second-order valence-corrected chi connectivity index (χ2v) is 5.43. The molecule has 96 valence electrons. The second-order valence-electron chi connectivity index (χ2n) is 5.43. The van der Waals surface area contributed by atoms with Gasteiger partial charge >= 0.3 is 6.09 Å². The summed E-state index contributed by atoms with van der Waals surface area (Å²) in [5, 5.41) is 18.7. The largest absolute Gasteiger partial charge is 0.444 e. The van der Waals surface area contributed by atoms with E-state index in [1.165, 1.54) is 4.90 Å². The molecule has 0 bridgehead atoms. The Hall–Kier alpha value is -1.28. The number of nitrogens with zero attached hydrogens (tertiary/aromatic N) is 2. The van der Waals surface area contributed by atoms with Gasteiger partial charge < -0.3 is 14.7 Å². The molecule has 1 fully saturated rings. The molecule has 0 aromatic rings. The molecule has 0 aliphatic carbocycles. The predicted molar refractivity (Wildman–Crippen MR) is 62.1 cm³/mol. The summed E-state index contributed by atoms with van der Waals surface area (Å²) in [6.45, 7) is 7.58. The first-order chi connectivity index (χ1) is 7.76. The maximum absolute atomic E-state index is 11.9. The lowest BCUT2D eigenvalue weighted by Crippen LogP contribution is -2.53. The first-order valence-electron chi connectivity index (χ1n) is 5.83. The fraction of sp³-hybridized carbons (Fsp3) is 0.833. The van der Waals surface area contributed by atoms with Crippen LogP contribution < -0.4 is 0 Å². The van der Waals surface area contributed by atoms with E-state index < -0.39 is 23.7 Å². The van der Waals surface area contributed by atoms with Crippen LogP contribution in [0.2, 0.25) is 0 Å². The van der Waals surface area contributed by atoms with Crippen LogP contribution in [-0.2, 0) is 4.74 Å². The van der Waals surface area contributed by atoms with Crippen LogP contribution in [0.5, 0.6) is 0 Å². The molecule has 5 nitrogen and oxygen atoms in total. The van der Waals surface area contributed by atoms with Gasteiger partial charge in [-0.25, -0.2) is 4.79 Å². The summed E-state index contributed by atoms with van der Waals surface area (Å²) in [6.07, 6.45) is -0.747. The molecular weight excluding hydrogens is 220 g/mol. The molecule has 5 heteroatoms. The van der Waals surface area contributed by atoms with Crippen molar-refractivity contribution >= 4 is 6.09 Å². The highest BCUT2D eigenvalue weighted by molar-refractivity contribution is 5.68. The van der Waals surface area contributed by atoms with Crippen LogP contribution in [0.4, 0.5) is 4.79 Å². The van der Waals surface area contributed by atoms with E-state index in [-0.39, 0.29) is 6.04 Å². The molecule has 0 saturated carbocycles. The Balaban J connectivity index is 2.68. The summed E-state index contributed by atoms with van der Waals surface area (Å²) >= 11 is 0. The summed E-state index contributed by atoms with van der Waals surface area (Å²) in [5.41, 5.74) is -0.548. The fourth-order valence-electron chi connectivity index (χ4n) is 1.89. The number of carbonyl (C=O) groups excluding carboxylic acids is 1. The Labute approximate surface area is 102 Å². The van der Waals surface area contributed by atoms with Crippen molar-refractivity contribution in [3.63, 3.8) is 0 Å². The van der Waals surface area contributed by atoms with Gasteiger partial charge in [-0.1, -0.05) is 0 Å². The van der Waals surface area contributed by atoms with Crippen molar-refractivity contribution in [3.05, 3.63) is 0 Å². The maximum atomic E-state index is 11.9. The van der Waals surface area contributed by atoms with Crippen molar-refractivity contribution in [3.8, 4) is 6.07 Å². The summed E-state index contributed by atoms with van der Waals surface area (Å²) < 4.78 is 5.26. The van der Waals surface area contributed by atoms with E-state index in [9.17, 15) is 9.90 Å². The van der Waals surface area contributed by atoms with E-state index in [1.807, 2.05) is 0 Å². The third kappa shape index (κ3) is 3.34. The Morgan fingerprint density at radius 1 is 1.53 bits per heavy atom. The minimum absolute atomic E-state index is 0.386. The molecule has 1 N–H and O–H groups in total. The highest BCUT2D eigenvalue weighted by Crippen LogP contribution is 2.24. The van der Waals surface area contributed by atoms with Gasteiger partial charge in [0.25, 0.3) is 0 Å². The number of aliphatic hydroxyl groups is 1. The lowest BCUT2D eigenvalue weighted by molar-refractivity contribution is -0.0300. The maximum Gasteiger partial charge on any atom is 0.410 e. The van der Waals surface area contributed by atoms with E-state index in [0.29, 0.717) is 13.0 Å². The van der Waals surface area contributed by atoms with Crippen LogP contribution in [-0.4, -0.2) is 40.4 Å². The molecule has 0 aromatic heterocycles.